The predicted octanol–water partition coefficient (Wildman–Crippen LogP) is 2.58. The molecule has 162 valence electrons. The molecule has 0 atom stereocenters. The summed E-state index contributed by atoms with van der Waals surface area (Å²) in [5, 5.41) is 9.43. The van der Waals surface area contributed by atoms with Crippen LogP contribution in [0.1, 0.15) is 38.7 Å². The van der Waals surface area contributed by atoms with Crippen LogP contribution in [0.15, 0.2) is 29.3 Å². The van der Waals surface area contributed by atoms with Crippen LogP contribution in [0.3, 0.4) is 0 Å². The lowest BCUT2D eigenvalue weighted by Gasteiger charge is -2.21. The van der Waals surface area contributed by atoms with E-state index in [0.717, 1.165) is 83.4 Å². The second-order valence-corrected chi connectivity index (χ2v) is 7.30. The molecule has 1 amide bonds. The molecular weight excluding hydrogens is 368 g/mol. The maximum atomic E-state index is 11.1. The van der Waals surface area contributed by atoms with E-state index < -0.39 is 0 Å². The first-order valence-corrected chi connectivity index (χ1v) is 10.7. The molecule has 0 saturated carbocycles. The van der Waals surface area contributed by atoms with Crippen LogP contribution in [-0.2, 0) is 20.7 Å². The maximum absolute atomic E-state index is 11.1. The van der Waals surface area contributed by atoms with Gasteiger partial charge >= 0.3 is 0 Å². The van der Waals surface area contributed by atoms with Crippen LogP contribution in [-0.4, -0.2) is 57.9 Å². The number of ether oxygens (including phenoxy) is 2. The zero-order valence-electron chi connectivity index (χ0n) is 17.8. The SMILES string of the molecule is CCNC(=NCCCOCC1CCOCC1)NCCc1ccc(NC(C)=O)cc1. The van der Waals surface area contributed by atoms with E-state index in [4.69, 9.17) is 9.47 Å². The number of amides is 1. The summed E-state index contributed by atoms with van der Waals surface area (Å²) in [7, 11) is 0. The molecule has 0 aliphatic carbocycles. The molecule has 7 heteroatoms. The van der Waals surface area contributed by atoms with Crippen molar-refractivity contribution >= 4 is 17.6 Å². The van der Waals surface area contributed by atoms with Gasteiger partial charge in [0.15, 0.2) is 5.96 Å². The Labute approximate surface area is 174 Å². The molecule has 3 N–H and O–H groups in total. The predicted molar refractivity (Wildman–Crippen MR) is 117 cm³/mol. The van der Waals surface area contributed by atoms with Crippen LogP contribution >= 0.6 is 0 Å². The molecule has 0 spiro atoms. The van der Waals surface area contributed by atoms with Crippen LogP contribution in [0, 0.1) is 5.92 Å². The fourth-order valence-corrected chi connectivity index (χ4v) is 3.15. The van der Waals surface area contributed by atoms with E-state index in [-0.39, 0.29) is 5.91 Å². The average Bonchev–Trinajstić information content (AvgIpc) is 2.72. The van der Waals surface area contributed by atoms with Crippen molar-refractivity contribution in [3.63, 3.8) is 0 Å². The van der Waals surface area contributed by atoms with Crippen molar-refractivity contribution in [2.45, 2.75) is 39.5 Å². The number of aliphatic imine (C=N–C) groups is 1. The summed E-state index contributed by atoms with van der Waals surface area (Å²) in [5.74, 6) is 1.44. The zero-order valence-corrected chi connectivity index (χ0v) is 17.8. The van der Waals surface area contributed by atoms with E-state index >= 15 is 0 Å². The Kier molecular flexibility index (Phi) is 11.1. The lowest BCUT2D eigenvalue weighted by Crippen LogP contribution is -2.38. The monoisotopic (exact) mass is 404 g/mol. The maximum Gasteiger partial charge on any atom is 0.221 e. The largest absolute Gasteiger partial charge is 0.381 e. The minimum absolute atomic E-state index is 0.0557. The van der Waals surface area contributed by atoms with Gasteiger partial charge in [-0.25, -0.2) is 0 Å². The van der Waals surface area contributed by atoms with Crippen molar-refractivity contribution in [2.24, 2.45) is 10.9 Å². The van der Waals surface area contributed by atoms with Gasteiger partial charge in [-0.3, -0.25) is 9.79 Å². The molecule has 0 unspecified atom stereocenters. The summed E-state index contributed by atoms with van der Waals surface area (Å²) in [6.45, 7) is 9.28. The number of hydrogen-bond donors (Lipinski definition) is 3. The van der Waals surface area contributed by atoms with E-state index in [2.05, 4.69) is 27.9 Å². The molecule has 1 heterocycles. The van der Waals surface area contributed by atoms with Crippen molar-refractivity contribution in [1.82, 2.24) is 10.6 Å². The molecule has 1 aliphatic rings. The lowest BCUT2D eigenvalue weighted by atomic mass is 10.0. The summed E-state index contributed by atoms with van der Waals surface area (Å²) < 4.78 is 11.2. The molecule has 2 rings (SSSR count). The number of anilines is 1. The fourth-order valence-electron chi connectivity index (χ4n) is 3.15. The molecule has 1 aromatic rings. The molecule has 0 aromatic heterocycles. The van der Waals surface area contributed by atoms with Gasteiger partial charge < -0.3 is 25.4 Å². The van der Waals surface area contributed by atoms with E-state index in [1.807, 2.05) is 24.3 Å². The van der Waals surface area contributed by atoms with E-state index in [1.165, 1.54) is 12.5 Å². The molecular formula is C22H36N4O3. The zero-order chi connectivity index (χ0) is 20.7. The van der Waals surface area contributed by atoms with Crippen LogP contribution < -0.4 is 16.0 Å². The van der Waals surface area contributed by atoms with E-state index in [1.54, 1.807) is 0 Å². The summed E-state index contributed by atoms with van der Waals surface area (Å²) in [6, 6.07) is 7.92. The van der Waals surface area contributed by atoms with Crippen molar-refractivity contribution in [3.8, 4) is 0 Å². The second-order valence-electron chi connectivity index (χ2n) is 7.30. The highest BCUT2D eigenvalue weighted by molar-refractivity contribution is 5.88. The topological polar surface area (TPSA) is 84.0 Å². The Balaban J connectivity index is 1.61. The number of nitrogens with zero attached hydrogens (tertiary/aromatic N) is 1. The Bertz CT molecular complexity index is 613. The van der Waals surface area contributed by atoms with Gasteiger partial charge in [-0.1, -0.05) is 12.1 Å². The molecule has 1 aromatic carbocycles. The van der Waals surface area contributed by atoms with Gasteiger partial charge in [0.25, 0.3) is 0 Å². The highest BCUT2D eigenvalue weighted by Gasteiger charge is 2.13. The molecule has 0 bridgehead atoms. The number of benzene rings is 1. The summed E-state index contributed by atoms with van der Waals surface area (Å²) >= 11 is 0. The van der Waals surface area contributed by atoms with Crippen LogP contribution in [0.4, 0.5) is 5.69 Å². The average molecular weight is 405 g/mol. The van der Waals surface area contributed by atoms with Gasteiger partial charge in [0.2, 0.25) is 5.91 Å². The smallest absolute Gasteiger partial charge is 0.221 e. The van der Waals surface area contributed by atoms with Gasteiger partial charge in [-0.15, -0.1) is 0 Å². The number of carbonyl (C=O) groups is 1. The molecule has 1 aliphatic heterocycles. The van der Waals surface area contributed by atoms with Gasteiger partial charge in [-0.2, -0.15) is 0 Å². The van der Waals surface area contributed by atoms with E-state index in [0.29, 0.717) is 5.92 Å². The standard InChI is InChI=1S/C22H36N4O3/c1-3-23-22(24-12-4-14-29-17-20-10-15-28-16-11-20)25-13-9-19-5-7-21(8-6-19)26-18(2)27/h5-8,20H,3-4,9-17H2,1-2H3,(H,26,27)(H2,23,24,25). The van der Waals surface area contributed by atoms with Crippen LogP contribution in [0.25, 0.3) is 0 Å². The normalized spacial score (nSPS) is 15.2. The second kappa shape index (κ2) is 14.0. The molecule has 29 heavy (non-hydrogen) atoms. The highest BCUT2D eigenvalue weighted by atomic mass is 16.5. The number of guanidine groups is 1. The van der Waals surface area contributed by atoms with Gasteiger partial charge in [-0.05, 0) is 56.2 Å². The Morgan fingerprint density at radius 1 is 1.21 bits per heavy atom. The van der Waals surface area contributed by atoms with Crippen molar-refractivity contribution in [2.75, 3.05) is 51.4 Å². The molecule has 7 nitrogen and oxygen atoms in total. The minimum atomic E-state index is -0.0557. The van der Waals surface area contributed by atoms with Crippen molar-refractivity contribution in [3.05, 3.63) is 29.8 Å². The number of rotatable bonds is 11. The highest BCUT2D eigenvalue weighted by Crippen LogP contribution is 2.14. The third kappa shape index (κ3) is 10.3. The number of hydrogen-bond acceptors (Lipinski definition) is 4. The molecule has 0 radical (unpaired) electrons. The Morgan fingerprint density at radius 2 is 1.97 bits per heavy atom. The van der Waals surface area contributed by atoms with Crippen molar-refractivity contribution in [1.29, 1.82) is 0 Å². The lowest BCUT2D eigenvalue weighted by molar-refractivity contribution is -0.114. The van der Waals surface area contributed by atoms with Crippen LogP contribution in [0.5, 0.6) is 0 Å². The first-order chi connectivity index (χ1) is 14.2. The minimum Gasteiger partial charge on any atom is -0.381 e. The van der Waals surface area contributed by atoms with Gasteiger partial charge in [0.1, 0.15) is 0 Å². The third-order valence-corrected chi connectivity index (χ3v) is 4.74. The van der Waals surface area contributed by atoms with Crippen molar-refractivity contribution < 1.29 is 14.3 Å². The van der Waals surface area contributed by atoms with E-state index in [9.17, 15) is 4.79 Å². The molecule has 1 saturated heterocycles. The third-order valence-electron chi connectivity index (χ3n) is 4.74. The Hall–Kier alpha value is -2.12. The molecule has 1 fully saturated rings. The summed E-state index contributed by atoms with van der Waals surface area (Å²) in [6.07, 6.45) is 4.04. The first kappa shape index (κ1) is 23.2. The summed E-state index contributed by atoms with van der Waals surface area (Å²) in [4.78, 5) is 15.7. The van der Waals surface area contributed by atoms with Gasteiger partial charge in [0.05, 0.1) is 0 Å². The Morgan fingerprint density at radius 3 is 2.66 bits per heavy atom. The summed E-state index contributed by atoms with van der Waals surface area (Å²) in [5.41, 5.74) is 2.03. The fraction of sp³-hybridized carbons (Fsp3) is 0.636. The number of nitrogens with one attached hydrogen (secondary N) is 3. The van der Waals surface area contributed by atoms with Crippen LogP contribution in [0.2, 0.25) is 0 Å². The number of carbonyl (C=O) groups excluding carboxylic acids is 1. The first-order valence-electron chi connectivity index (χ1n) is 10.7. The quantitative estimate of drug-likeness (QED) is 0.300. The van der Waals surface area contributed by atoms with Gasteiger partial charge in [0, 0.05) is 58.7 Å².